The number of rotatable bonds is 2. The molecule has 0 bridgehead atoms. The first-order valence-corrected chi connectivity index (χ1v) is 6.09. The zero-order valence-corrected chi connectivity index (χ0v) is 9.22. The molecule has 0 aliphatic carbocycles. The molecule has 3 N–H and O–H groups in total. The molecule has 1 aromatic rings. The van der Waals surface area contributed by atoms with Gasteiger partial charge in [0.05, 0.1) is 16.6 Å². The second-order valence-electron chi connectivity index (χ2n) is 3.58. The summed E-state index contributed by atoms with van der Waals surface area (Å²) >= 11 is 1.72. The van der Waals surface area contributed by atoms with Crippen LogP contribution in [0.3, 0.4) is 0 Å². The quantitative estimate of drug-likeness (QED) is 0.753. The summed E-state index contributed by atoms with van der Waals surface area (Å²) in [6.45, 7) is 0. The van der Waals surface area contributed by atoms with Gasteiger partial charge in [0.25, 0.3) is 0 Å². The predicted molar refractivity (Wildman–Crippen MR) is 65.0 cm³/mol. The molecule has 0 radical (unpaired) electrons. The Balaban J connectivity index is 2.02. The summed E-state index contributed by atoms with van der Waals surface area (Å²) in [6, 6.07) is 7.34. The van der Waals surface area contributed by atoms with E-state index >= 15 is 0 Å². The van der Waals surface area contributed by atoms with Crippen molar-refractivity contribution < 1.29 is 4.79 Å². The second-order valence-corrected chi connectivity index (χ2v) is 4.89. The van der Waals surface area contributed by atoms with E-state index < -0.39 is 0 Å². The molecule has 1 aliphatic rings. The first-order valence-electron chi connectivity index (χ1n) is 5.04. The number of carbonyl (C=O) groups is 1. The Bertz CT molecular complexity index is 361. The molecular formula is C11H14N2OS. The summed E-state index contributed by atoms with van der Waals surface area (Å²) in [5.74, 6) is 1.16. The van der Waals surface area contributed by atoms with Crippen LogP contribution in [0.4, 0.5) is 11.4 Å². The van der Waals surface area contributed by atoms with Crippen LogP contribution in [0.15, 0.2) is 24.3 Å². The summed E-state index contributed by atoms with van der Waals surface area (Å²) in [7, 11) is 0. The molecule has 1 unspecified atom stereocenters. The highest BCUT2D eigenvalue weighted by Crippen LogP contribution is 2.28. The summed E-state index contributed by atoms with van der Waals surface area (Å²) in [6.07, 6.45) is 2.11. The largest absolute Gasteiger partial charge is 0.397 e. The van der Waals surface area contributed by atoms with Crippen LogP contribution in [0.5, 0.6) is 0 Å². The minimum Gasteiger partial charge on any atom is -0.397 e. The van der Waals surface area contributed by atoms with Crippen molar-refractivity contribution in [2.75, 3.05) is 16.8 Å². The lowest BCUT2D eigenvalue weighted by Gasteiger charge is -2.11. The maximum atomic E-state index is 11.8. The van der Waals surface area contributed by atoms with Gasteiger partial charge in [0.1, 0.15) is 0 Å². The van der Waals surface area contributed by atoms with Crippen LogP contribution in [0, 0.1) is 0 Å². The number of thioether (sulfide) groups is 1. The number of benzene rings is 1. The van der Waals surface area contributed by atoms with Crippen molar-refractivity contribution in [3.63, 3.8) is 0 Å². The Morgan fingerprint density at radius 2 is 2.27 bits per heavy atom. The van der Waals surface area contributed by atoms with Gasteiger partial charge in [-0.15, -0.1) is 11.8 Å². The normalized spacial score (nSPS) is 20.1. The number of hydrogen-bond donors (Lipinski definition) is 2. The molecule has 80 valence electrons. The van der Waals surface area contributed by atoms with Gasteiger partial charge >= 0.3 is 0 Å². The van der Waals surface area contributed by atoms with E-state index in [1.165, 1.54) is 0 Å². The van der Waals surface area contributed by atoms with Crippen LogP contribution in [0.2, 0.25) is 0 Å². The smallest absolute Gasteiger partial charge is 0.237 e. The van der Waals surface area contributed by atoms with Gasteiger partial charge in [-0.2, -0.15) is 0 Å². The van der Waals surface area contributed by atoms with Crippen molar-refractivity contribution in [3.05, 3.63) is 24.3 Å². The predicted octanol–water partition coefficient (Wildman–Crippen LogP) is 2.10. The Hall–Kier alpha value is -1.16. The highest BCUT2D eigenvalue weighted by molar-refractivity contribution is 8.00. The molecule has 3 nitrogen and oxygen atoms in total. The highest BCUT2D eigenvalue weighted by Gasteiger charge is 2.23. The first-order chi connectivity index (χ1) is 7.27. The summed E-state index contributed by atoms with van der Waals surface area (Å²) in [5.41, 5.74) is 7.08. The van der Waals surface area contributed by atoms with Crippen molar-refractivity contribution in [2.45, 2.75) is 18.1 Å². The summed E-state index contributed by atoms with van der Waals surface area (Å²) in [5, 5.41) is 2.97. The molecular weight excluding hydrogens is 208 g/mol. The van der Waals surface area contributed by atoms with Gasteiger partial charge in [0, 0.05) is 0 Å². The molecule has 0 aromatic heterocycles. The number of nitrogens with one attached hydrogen (secondary N) is 1. The molecule has 1 fully saturated rings. The number of nitrogens with two attached hydrogens (primary N) is 1. The Kier molecular flexibility index (Phi) is 3.16. The topological polar surface area (TPSA) is 55.1 Å². The minimum atomic E-state index is 0.0791. The molecule has 2 rings (SSSR count). The van der Waals surface area contributed by atoms with Crippen LogP contribution < -0.4 is 11.1 Å². The van der Waals surface area contributed by atoms with Crippen LogP contribution in [0.1, 0.15) is 12.8 Å². The molecule has 15 heavy (non-hydrogen) atoms. The van der Waals surface area contributed by atoms with Crippen LogP contribution >= 0.6 is 11.8 Å². The van der Waals surface area contributed by atoms with Crippen molar-refractivity contribution in [2.24, 2.45) is 0 Å². The van der Waals surface area contributed by atoms with E-state index in [-0.39, 0.29) is 11.2 Å². The third kappa shape index (κ3) is 2.45. The fourth-order valence-corrected chi connectivity index (χ4v) is 2.77. The van der Waals surface area contributed by atoms with Crippen LogP contribution in [-0.2, 0) is 4.79 Å². The molecule has 4 heteroatoms. The van der Waals surface area contributed by atoms with Gasteiger partial charge in [-0.25, -0.2) is 0 Å². The van der Waals surface area contributed by atoms with Gasteiger partial charge in [-0.1, -0.05) is 12.1 Å². The zero-order valence-electron chi connectivity index (χ0n) is 8.40. The Labute approximate surface area is 93.4 Å². The number of hydrogen-bond acceptors (Lipinski definition) is 3. The van der Waals surface area contributed by atoms with E-state index in [9.17, 15) is 4.79 Å². The van der Waals surface area contributed by atoms with Gasteiger partial charge in [0.15, 0.2) is 0 Å². The van der Waals surface area contributed by atoms with E-state index in [1.807, 2.05) is 18.2 Å². The zero-order chi connectivity index (χ0) is 10.7. The van der Waals surface area contributed by atoms with Gasteiger partial charge in [-0.3, -0.25) is 4.79 Å². The van der Waals surface area contributed by atoms with Crippen molar-refractivity contribution in [3.8, 4) is 0 Å². The molecule has 1 atom stereocenters. The van der Waals surface area contributed by atoms with Crippen molar-refractivity contribution in [1.82, 2.24) is 0 Å². The number of para-hydroxylation sites is 2. The second kappa shape index (κ2) is 4.57. The maximum absolute atomic E-state index is 11.8. The number of anilines is 2. The molecule has 1 heterocycles. The van der Waals surface area contributed by atoms with Gasteiger partial charge in [0.2, 0.25) is 5.91 Å². The van der Waals surface area contributed by atoms with Gasteiger partial charge < -0.3 is 11.1 Å². The maximum Gasteiger partial charge on any atom is 0.237 e. The third-order valence-electron chi connectivity index (χ3n) is 2.44. The average molecular weight is 222 g/mol. The monoisotopic (exact) mass is 222 g/mol. The summed E-state index contributed by atoms with van der Waals surface area (Å²) in [4.78, 5) is 11.8. The molecule has 0 spiro atoms. The lowest BCUT2D eigenvalue weighted by atomic mass is 10.2. The van der Waals surface area contributed by atoms with Crippen molar-refractivity contribution in [1.29, 1.82) is 0 Å². The Morgan fingerprint density at radius 3 is 2.93 bits per heavy atom. The highest BCUT2D eigenvalue weighted by atomic mass is 32.2. The van der Waals surface area contributed by atoms with Gasteiger partial charge in [-0.05, 0) is 30.7 Å². The molecule has 1 amide bonds. The molecule has 1 aliphatic heterocycles. The fourth-order valence-electron chi connectivity index (χ4n) is 1.61. The van der Waals surface area contributed by atoms with E-state index in [4.69, 9.17) is 5.73 Å². The lowest BCUT2D eigenvalue weighted by Crippen LogP contribution is -2.23. The number of amides is 1. The third-order valence-corrected chi connectivity index (χ3v) is 3.82. The minimum absolute atomic E-state index is 0.0791. The van der Waals surface area contributed by atoms with E-state index in [0.29, 0.717) is 5.69 Å². The van der Waals surface area contributed by atoms with Crippen LogP contribution in [-0.4, -0.2) is 16.9 Å². The summed E-state index contributed by atoms with van der Waals surface area (Å²) < 4.78 is 0. The molecule has 1 saturated heterocycles. The molecule has 1 aromatic carbocycles. The van der Waals surface area contributed by atoms with E-state index in [0.717, 1.165) is 24.3 Å². The number of carbonyl (C=O) groups excluding carboxylic acids is 1. The van der Waals surface area contributed by atoms with E-state index in [2.05, 4.69) is 5.32 Å². The lowest BCUT2D eigenvalue weighted by molar-refractivity contribution is -0.115. The molecule has 0 saturated carbocycles. The van der Waals surface area contributed by atoms with Crippen LogP contribution in [0.25, 0.3) is 0 Å². The first kappa shape index (κ1) is 10.4. The Morgan fingerprint density at radius 1 is 1.47 bits per heavy atom. The number of nitrogen functional groups attached to an aromatic ring is 1. The average Bonchev–Trinajstić information content (AvgIpc) is 2.74. The standard InChI is InChI=1S/C11H14N2OS/c12-8-4-1-2-5-9(8)13-11(14)10-6-3-7-15-10/h1-2,4-5,10H,3,6-7,12H2,(H,13,14). The van der Waals surface area contributed by atoms with E-state index in [1.54, 1.807) is 17.8 Å². The SMILES string of the molecule is Nc1ccccc1NC(=O)C1CCCS1. The fraction of sp³-hybridized carbons (Fsp3) is 0.364. The van der Waals surface area contributed by atoms with Crippen molar-refractivity contribution >= 4 is 29.0 Å².